The van der Waals surface area contributed by atoms with Crippen molar-refractivity contribution in [3.05, 3.63) is 109 Å². The summed E-state index contributed by atoms with van der Waals surface area (Å²) < 4.78 is 11.0. The topological polar surface area (TPSA) is 128 Å². The number of ether oxygens (including phenoxy) is 2. The SMILES string of the molecule is N#CC1=C(N)Oc2cc(OC(=O)c3cccc([N+](=O)[O-])c3)ccc2C1c1ccc(Cl)c(Cl)c1. The smallest absolute Gasteiger partial charge is 0.343 e. The second-order valence-electron chi connectivity index (χ2n) is 6.99. The molecule has 1 aliphatic rings. The number of allylic oxidation sites excluding steroid dienone is 1. The van der Waals surface area contributed by atoms with Gasteiger partial charge in [-0.1, -0.05) is 41.4 Å². The lowest BCUT2D eigenvalue weighted by Crippen LogP contribution is -2.21. The summed E-state index contributed by atoms with van der Waals surface area (Å²) in [5.41, 5.74) is 7.25. The van der Waals surface area contributed by atoms with Gasteiger partial charge in [0.15, 0.2) is 0 Å². The minimum absolute atomic E-state index is 0.0164. The van der Waals surface area contributed by atoms with E-state index in [0.29, 0.717) is 21.2 Å². The van der Waals surface area contributed by atoms with Crippen molar-refractivity contribution in [3.8, 4) is 17.6 Å². The molecule has 0 saturated carbocycles. The van der Waals surface area contributed by atoms with Gasteiger partial charge in [-0.25, -0.2) is 4.79 Å². The minimum atomic E-state index is -0.781. The van der Waals surface area contributed by atoms with Crippen LogP contribution >= 0.6 is 23.2 Å². The van der Waals surface area contributed by atoms with Crippen LogP contribution in [-0.4, -0.2) is 10.9 Å². The number of nitro benzene ring substituents is 1. The highest BCUT2D eigenvalue weighted by atomic mass is 35.5. The predicted molar refractivity (Wildman–Crippen MR) is 120 cm³/mol. The molecule has 1 heterocycles. The Bertz CT molecular complexity index is 1380. The Morgan fingerprint density at radius 2 is 1.91 bits per heavy atom. The average Bonchev–Trinajstić information content (AvgIpc) is 2.80. The number of halogens is 2. The molecule has 0 aliphatic carbocycles. The lowest BCUT2D eigenvalue weighted by Gasteiger charge is -2.27. The van der Waals surface area contributed by atoms with E-state index < -0.39 is 16.8 Å². The zero-order valence-corrected chi connectivity index (χ0v) is 18.1. The number of carbonyl (C=O) groups excluding carboxylic acids is 1. The third-order valence-corrected chi connectivity index (χ3v) is 5.71. The molecule has 10 heteroatoms. The molecule has 4 rings (SSSR count). The van der Waals surface area contributed by atoms with Crippen LogP contribution in [-0.2, 0) is 0 Å². The van der Waals surface area contributed by atoms with Crippen LogP contribution in [0.1, 0.15) is 27.4 Å². The van der Waals surface area contributed by atoms with Crippen molar-refractivity contribution in [2.24, 2.45) is 5.73 Å². The number of hydrogen-bond acceptors (Lipinski definition) is 7. The van der Waals surface area contributed by atoms with Crippen molar-refractivity contribution in [1.82, 2.24) is 0 Å². The fourth-order valence-corrected chi connectivity index (χ4v) is 3.75. The van der Waals surface area contributed by atoms with Gasteiger partial charge >= 0.3 is 5.97 Å². The van der Waals surface area contributed by atoms with E-state index in [1.807, 2.05) is 0 Å². The van der Waals surface area contributed by atoms with Crippen molar-refractivity contribution < 1.29 is 19.2 Å². The molecule has 0 radical (unpaired) electrons. The molecule has 3 aromatic rings. The first-order chi connectivity index (χ1) is 15.8. The number of nitriles is 1. The third-order valence-electron chi connectivity index (χ3n) is 4.97. The Balaban J connectivity index is 1.69. The first-order valence-corrected chi connectivity index (χ1v) is 10.2. The maximum absolute atomic E-state index is 12.5. The van der Waals surface area contributed by atoms with E-state index in [9.17, 15) is 20.2 Å². The normalized spacial score (nSPS) is 14.6. The zero-order chi connectivity index (χ0) is 23.7. The van der Waals surface area contributed by atoms with E-state index in [2.05, 4.69) is 6.07 Å². The lowest BCUT2D eigenvalue weighted by molar-refractivity contribution is -0.384. The van der Waals surface area contributed by atoms with Gasteiger partial charge in [0.1, 0.15) is 23.1 Å². The molecule has 0 spiro atoms. The van der Waals surface area contributed by atoms with Crippen LogP contribution in [0.15, 0.2) is 72.1 Å². The highest BCUT2D eigenvalue weighted by Crippen LogP contribution is 2.44. The monoisotopic (exact) mass is 481 g/mol. The molecule has 1 aliphatic heterocycles. The summed E-state index contributed by atoms with van der Waals surface area (Å²) in [6.45, 7) is 0. The van der Waals surface area contributed by atoms with E-state index in [4.69, 9.17) is 38.4 Å². The molecule has 1 atom stereocenters. The number of rotatable bonds is 4. The summed E-state index contributed by atoms with van der Waals surface area (Å²) in [6, 6.07) is 16.9. The van der Waals surface area contributed by atoms with Crippen LogP contribution in [0.2, 0.25) is 10.0 Å². The van der Waals surface area contributed by atoms with E-state index in [0.717, 1.165) is 6.07 Å². The molecule has 0 amide bonds. The fraction of sp³-hybridized carbons (Fsp3) is 0.0435. The summed E-state index contributed by atoms with van der Waals surface area (Å²) in [7, 11) is 0. The van der Waals surface area contributed by atoms with E-state index in [-0.39, 0.29) is 34.2 Å². The van der Waals surface area contributed by atoms with E-state index in [1.54, 1.807) is 24.3 Å². The largest absolute Gasteiger partial charge is 0.440 e. The molecule has 2 N–H and O–H groups in total. The van der Waals surface area contributed by atoms with Gasteiger partial charge in [0.05, 0.1) is 26.4 Å². The van der Waals surface area contributed by atoms with Gasteiger partial charge in [0.2, 0.25) is 5.88 Å². The summed E-state index contributed by atoms with van der Waals surface area (Å²) in [4.78, 5) is 22.8. The third kappa shape index (κ3) is 4.32. The molecule has 0 aromatic heterocycles. The second kappa shape index (κ2) is 8.82. The number of hydrogen-bond donors (Lipinski definition) is 1. The molecule has 1 unspecified atom stereocenters. The summed E-state index contributed by atoms with van der Waals surface area (Å²) >= 11 is 12.2. The Morgan fingerprint density at radius 3 is 2.61 bits per heavy atom. The van der Waals surface area contributed by atoms with Gasteiger partial charge < -0.3 is 15.2 Å². The van der Waals surface area contributed by atoms with Crippen LogP contribution < -0.4 is 15.2 Å². The number of benzene rings is 3. The lowest BCUT2D eigenvalue weighted by atomic mass is 9.83. The first-order valence-electron chi connectivity index (χ1n) is 9.41. The van der Waals surface area contributed by atoms with Crippen molar-refractivity contribution in [3.63, 3.8) is 0 Å². The maximum atomic E-state index is 12.5. The first kappa shape index (κ1) is 22.1. The quantitative estimate of drug-likeness (QED) is 0.230. The van der Waals surface area contributed by atoms with Crippen molar-refractivity contribution in [1.29, 1.82) is 5.26 Å². The molecule has 164 valence electrons. The molecule has 0 saturated heterocycles. The molecule has 0 bridgehead atoms. The average molecular weight is 482 g/mol. The number of fused-ring (bicyclic) bond motifs is 1. The van der Waals surface area contributed by atoms with Crippen molar-refractivity contribution in [2.75, 3.05) is 0 Å². The number of nitro groups is 1. The van der Waals surface area contributed by atoms with Crippen LogP contribution in [0.4, 0.5) is 5.69 Å². The van der Waals surface area contributed by atoms with Gasteiger partial charge in [0.25, 0.3) is 5.69 Å². The van der Waals surface area contributed by atoms with Crippen LogP contribution in [0.5, 0.6) is 11.5 Å². The predicted octanol–water partition coefficient (Wildman–Crippen LogP) is 5.34. The molecule has 33 heavy (non-hydrogen) atoms. The van der Waals surface area contributed by atoms with Crippen molar-refractivity contribution >= 4 is 34.9 Å². The summed E-state index contributed by atoms with van der Waals surface area (Å²) in [5.74, 6) is -1.03. The molecule has 8 nitrogen and oxygen atoms in total. The van der Waals surface area contributed by atoms with Crippen LogP contribution in [0, 0.1) is 21.4 Å². The molecular formula is C23H13Cl2N3O5. The van der Waals surface area contributed by atoms with Gasteiger partial charge in [-0.3, -0.25) is 10.1 Å². The number of nitrogens with two attached hydrogens (primary N) is 1. The Kier molecular flexibility index (Phi) is 5.92. The van der Waals surface area contributed by atoms with Crippen molar-refractivity contribution in [2.45, 2.75) is 5.92 Å². The summed E-state index contributed by atoms with van der Waals surface area (Å²) in [6.07, 6.45) is 0. The second-order valence-corrected chi connectivity index (χ2v) is 7.81. The van der Waals surface area contributed by atoms with Gasteiger partial charge in [0, 0.05) is 23.8 Å². The maximum Gasteiger partial charge on any atom is 0.343 e. The summed E-state index contributed by atoms with van der Waals surface area (Å²) in [5, 5.41) is 21.3. The van der Waals surface area contributed by atoms with Gasteiger partial charge in [-0.2, -0.15) is 5.26 Å². The van der Waals surface area contributed by atoms with E-state index in [1.165, 1.54) is 30.3 Å². The van der Waals surface area contributed by atoms with Crippen LogP contribution in [0.25, 0.3) is 0 Å². The number of carbonyl (C=O) groups is 1. The minimum Gasteiger partial charge on any atom is -0.440 e. The van der Waals surface area contributed by atoms with Gasteiger partial charge in [-0.15, -0.1) is 0 Å². The highest BCUT2D eigenvalue weighted by Gasteiger charge is 2.31. The number of non-ortho nitro benzene ring substituents is 1. The molecule has 0 fully saturated rings. The zero-order valence-electron chi connectivity index (χ0n) is 16.6. The van der Waals surface area contributed by atoms with Crippen LogP contribution in [0.3, 0.4) is 0 Å². The van der Waals surface area contributed by atoms with Gasteiger partial charge in [-0.05, 0) is 29.8 Å². The Labute approximate surface area is 197 Å². The number of esters is 1. The number of nitrogens with zero attached hydrogens (tertiary/aromatic N) is 2. The van der Waals surface area contributed by atoms with E-state index >= 15 is 0 Å². The standard InChI is InChI=1S/C23H13Cl2N3O5/c24-18-7-4-12(9-19(18)25)21-16-6-5-15(10-20(16)33-22(27)17(21)11-26)32-23(29)13-2-1-3-14(8-13)28(30)31/h1-10,21H,27H2. The molecular weight excluding hydrogens is 469 g/mol. The highest BCUT2D eigenvalue weighted by molar-refractivity contribution is 6.42. The molecule has 3 aromatic carbocycles. The fourth-order valence-electron chi connectivity index (χ4n) is 3.45. The Hall–Kier alpha value is -4.06. The Morgan fingerprint density at radius 1 is 1.12 bits per heavy atom.